The number of nitro groups is 1. The molecule has 0 aliphatic carbocycles. The molecule has 0 N–H and O–H groups in total. The van der Waals surface area contributed by atoms with Crippen molar-refractivity contribution in [2.45, 2.75) is 0 Å². The van der Waals surface area contributed by atoms with Gasteiger partial charge in [0.05, 0.1) is 4.92 Å². The lowest BCUT2D eigenvalue weighted by atomic mass is 10.2. The zero-order chi connectivity index (χ0) is 13.0. The summed E-state index contributed by atoms with van der Waals surface area (Å²) in [4.78, 5) is 14.6. The molecule has 0 spiro atoms. The number of nitrogens with zero attached hydrogens (tertiary/aromatic N) is 3. The fourth-order valence-corrected chi connectivity index (χ4v) is 1.91. The van der Waals surface area contributed by atoms with Gasteiger partial charge in [0.1, 0.15) is 5.69 Å². The third-order valence-corrected chi connectivity index (χ3v) is 3.10. The largest absolute Gasteiger partial charge is 0.368 e. The number of likely N-dealkylation sites (N-methyl/N-ethyl adjacent to an activating group) is 2. The Kier molecular flexibility index (Phi) is 5.13. The summed E-state index contributed by atoms with van der Waals surface area (Å²) in [6.07, 6.45) is 0. The molecule has 5 nitrogen and oxygen atoms in total. The number of anilines is 1. The second-order valence-corrected chi connectivity index (χ2v) is 5.36. The van der Waals surface area contributed by atoms with Crippen LogP contribution in [-0.2, 0) is 0 Å². The summed E-state index contributed by atoms with van der Waals surface area (Å²) in [5, 5.41) is 11.0. The van der Waals surface area contributed by atoms with Gasteiger partial charge in [0.2, 0.25) is 0 Å². The average Bonchev–Trinajstić information content (AvgIpc) is 2.25. The number of hydrogen-bond acceptors (Lipinski definition) is 4. The molecule has 0 heterocycles. The monoisotopic (exact) mass is 349 g/mol. The predicted octanol–water partition coefficient (Wildman–Crippen LogP) is 2.20. The second-order valence-electron chi connectivity index (χ2n) is 4.11. The molecule has 6 heteroatoms. The zero-order valence-electron chi connectivity index (χ0n) is 10.2. The normalized spacial score (nSPS) is 10.6. The first-order valence-electron chi connectivity index (χ1n) is 5.21. The van der Waals surface area contributed by atoms with Crippen LogP contribution in [0.15, 0.2) is 18.2 Å². The molecule has 0 atom stereocenters. The van der Waals surface area contributed by atoms with Crippen molar-refractivity contribution in [1.29, 1.82) is 0 Å². The molecule has 0 saturated heterocycles. The average molecular weight is 349 g/mol. The maximum atomic E-state index is 11.0. The number of benzene rings is 1. The molecule has 1 rings (SSSR count). The highest BCUT2D eigenvalue weighted by Crippen LogP contribution is 2.28. The van der Waals surface area contributed by atoms with Gasteiger partial charge >= 0.3 is 0 Å². The van der Waals surface area contributed by atoms with E-state index in [-0.39, 0.29) is 10.6 Å². The molecule has 94 valence electrons. The van der Waals surface area contributed by atoms with Crippen molar-refractivity contribution in [2.75, 3.05) is 39.1 Å². The van der Waals surface area contributed by atoms with Crippen molar-refractivity contribution in [1.82, 2.24) is 4.90 Å². The van der Waals surface area contributed by atoms with Gasteiger partial charge in [-0.1, -0.05) is 0 Å². The van der Waals surface area contributed by atoms with Crippen LogP contribution in [-0.4, -0.2) is 44.1 Å². The summed E-state index contributed by atoms with van der Waals surface area (Å²) in [5.41, 5.74) is 0.829. The highest BCUT2D eigenvalue weighted by atomic mass is 127. The van der Waals surface area contributed by atoms with E-state index in [1.165, 1.54) is 0 Å². The van der Waals surface area contributed by atoms with Crippen LogP contribution in [0, 0.1) is 13.7 Å². The quantitative estimate of drug-likeness (QED) is 0.465. The minimum atomic E-state index is -0.330. The van der Waals surface area contributed by atoms with E-state index >= 15 is 0 Å². The van der Waals surface area contributed by atoms with E-state index in [0.29, 0.717) is 5.69 Å². The highest BCUT2D eigenvalue weighted by molar-refractivity contribution is 14.1. The summed E-state index contributed by atoms with van der Waals surface area (Å²) in [6.45, 7) is 1.62. The van der Waals surface area contributed by atoms with Gasteiger partial charge in [-0.05, 0) is 48.8 Å². The Hall–Kier alpha value is -0.890. The molecule has 0 saturated carbocycles. The lowest BCUT2D eigenvalue weighted by Gasteiger charge is -2.21. The molecule has 0 radical (unpaired) electrons. The highest BCUT2D eigenvalue weighted by Gasteiger charge is 2.17. The summed E-state index contributed by atoms with van der Waals surface area (Å²) < 4.78 is 0.874. The first-order valence-corrected chi connectivity index (χ1v) is 6.29. The summed E-state index contributed by atoms with van der Waals surface area (Å²) >= 11 is 2.08. The molecule has 0 aliphatic heterocycles. The van der Waals surface area contributed by atoms with Crippen molar-refractivity contribution in [2.24, 2.45) is 0 Å². The molecule has 0 aliphatic rings. The fraction of sp³-hybridized carbons (Fsp3) is 0.455. The smallest absolute Gasteiger partial charge is 0.293 e. The number of rotatable bonds is 5. The van der Waals surface area contributed by atoms with Gasteiger partial charge in [-0.2, -0.15) is 0 Å². The number of hydrogen-bond donors (Lipinski definition) is 0. The van der Waals surface area contributed by atoms with Crippen LogP contribution in [0.2, 0.25) is 0 Å². The molecular weight excluding hydrogens is 333 g/mol. The van der Waals surface area contributed by atoms with Gasteiger partial charge in [0, 0.05) is 29.8 Å². The Morgan fingerprint density at radius 3 is 2.47 bits per heavy atom. The van der Waals surface area contributed by atoms with Gasteiger partial charge in [0.15, 0.2) is 0 Å². The molecule has 0 fully saturated rings. The van der Waals surface area contributed by atoms with Crippen molar-refractivity contribution in [3.05, 3.63) is 31.9 Å². The zero-order valence-corrected chi connectivity index (χ0v) is 12.3. The molecule has 0 aromatic heterocycles. The Balaban J connectivity index is 2.92. The number of halogens is 1. The maximum absolute atomic E-state index is 11.0. The fourth-order valence-electron chi connectivity index (χ4n) is 1.44. The summed E-state index contributed by atoms with van der Waals surface area (Å²) in [6, 6.07) is 5.28. The lowest BCUT2D eigenvalue weighted by Crippen LogP contribution is -2.28. The van der Waals surface area contributed by atoms with Gasteiger partial charge in [0.25, 0.3) is 5.69 Å². The van der Waals surface area contributed by atoms with Gasteiger partial charge in [-0.15, -0.1) is 0 Å². The minimum absolute atomic E-state index is 0.165. The minimum Gasteiger partial charge on any atom is -0.368 e. The summed E-state index contributed by atoms with van der Waals surface area (Å²) in [5.74, 6) is 0. The van der Waals surface area contributed by atoms with Crippen LogP contribution in [0.5, 0.6) is 0 Å². The molecular formula is C11H16IN3O2. The van der Waals surface area contributed by atoms with Crippen molar-refractivity contribution >= 4 is 34.0 Å². The first-order chi connectivity index (χ1) is 7.91. The van der Waals surface area contributed by atoms with Crippen molar-refractivity contribution < 1.29 is 4.92 Å². The maximum Gasteiger partial charge on any atom is 0.293 e. The van der Waals surface area contributed by atoms with Crippen molar-refractivity contribution in [3.8, 4) is 0 Å². The van der Waals surface area contributed by atoms with Gasteiger partial charge in [-0.25, -0.2) is 0 Å². The van der Waals surface area contributed by atoms with E-state index in [0.717, 1.165) is 16.7 Å². The molecule has 0 bridgehead atoms. The van der Waals surface area contributed by atoms with Gasteiger partial charge < -0.3 is 9.80 Å². The topological polar surface area (TPSA) is 49.6 Å². The van der Waals surface area contributed by atoms with Crippen LogP contribution in [0.4, 0.5) is 11.4 Å². The van der Waals surface area contributed by atoms with E-state index in [1.54, 1.807) is 12.1 Å². The molecule has 17 heavy (non-hydrogen) atoms. The molecule has 0 unspecified atom stereocenters. The second kappa shape index (κ2) is 6.15. The Morgan fingerprint density at radius 1 is 1.29 bits per heavy atom. The third kappa shape index (κ3) is 4.12. The Morgan fingerprint density at radius 2 is 1.94 bits per heavy atom. The lowest BCUT2D eigenvalue weighted by molar-refractivity contribution is -0.384. The number of nitro benzene ring substituents is 1. The van der Waals surface area contributed by atoms with E-state index in [2.05, 4.69) is 27.5 Å². The molecule has 0 amide bonds. The van der Waals surface area contributed by atoms with Crippen LogP contribution < -0.4 is 4.90 Å². The van der Waals surface area contributed by atoms with E-state index < -0.39 is 0 Å². The third-order valence-electron chi connectivity index (χ3n) is 2.43. The Labute approximate surface area is 115 Å². The van der Waals surface area contributed by atoms with Gasteiger partial charge in [-0.3, -0.25) is 10.1 Å². The van der Waals surface area contributed by atoms with Crippen LogP contribution in [0.25, 0.3) is 0 Å². The predicted molar refractivity (Wildman–Crippen MR) is 77.6 cm³/mol. The standard InChI is InChI=1S/C11H16IN3O2/c1-13(2)6-7-14(3)10-5-4-9(12)8-11(10)15(16)17/h4-5,8H,6-7H2,1-3H3. The van der Waals surface area contributed by atoms with E-state index in [4.69, 9.17) is 0 Å². The van der Waals surface area contributed by atoms with E-state index in [9.17, 15) is 10.1 Å². The van der Waals surface area contributed by atoms with Crippen LogP contribution >= 0.6 is 22.6 Å². The van der Waals surface area contributed by atoms with Crippen LogP contribution in [0.3, 0.4) is 0 Å². The van der Waals surface area contributed by atoms with Crippen LogP contribution in [0.1, 0.15) is 0 Å². The Bertz CT molecular complexity index is 410. The molecule has 1 aromatic rings. The summed E-state index contributed by atoms with van der Waals surface area (Å²) in [7, 11) is 5.84. The first kappa shape index (κ1) is 14.2. The molecule has 1 aromatic carbocycles. The van der Waals surface area contributed by atoms with Crippen molar-refractivity contribution in [3.63, 3.8) is 0 Å². The SMILES string of the molecule is CN(C)CCN(C)c1ccc(I)cc1[N+](=O)[O-]. The van der Waals surface area contributed by atoms with E-state index in [1.807, 2.05) is 32.1 Å².